The first kappa shape index (κ1) is 13.9. The molecule has 0 bridgehead atoms. The zero-order valence-corrected chi connectivity index (χ0v) is 13.4. The van der Waals surface area contributed by atoms with Crippen molar-refractivity contribution in [2.45, 2.75) is 20.0 Å². The minimum absolute atomic E-state index is 0.513. The molecule has 1 aromatic heterocycles. The van der Waals surface area contributed by atoms with Gasteiger partial charge in [-0.1, -0.05) is 17.7 Å². The topological polar surface area (TPSA) is 25.4 Å². The number of benzene rings is 1. The molecule has 1 aliphatic heterocycles. The molecule has 0 N–H and O–H groups in total. The molecule has 22 heavy (non-hydrogen) atoms. The number of hydrogen-bond acceptors (Lipinski definition) is 3. The number of fused-ring (bicyclic) bond motifs is 1. The Hall–Kier alpha value is -1.74. The molecule has 2 aliphatic rings. The molecule has 4 rings (SSSR count). The van der Waals surface area contributed by atoms with Gasteiger partial charge in [0.15, 0.2) is 0 Å². The fraction of sp³-hybridized carbons (Fsp3) is 0.389. The van der Waals surface area contributed by atoms with Crippen LogP contribution in [0, 0.1) is 18.8 Å². The van der Waals surface area contributed by atoms with Crippen molar-refractivity contribution in [3.8, 4) is 5.75 Å². The van der Waals surface area contributed by atoms with Gasteiger partial charge >= 0.3 is 0 Å². The van der Waals surface area contributed by atoms with Crippen molar-refractivity contribution >= 4 is 17.4 Å². The van der Waals surface area contributed by atoms with Gasteiger partial charge in [-0.3, -0.25) is 0 Å². The van der Waals surface area contributed by atoms with Gasteiger partial charge in [-0.05, 0) is 60.6 Å². The standard InChI is InChI=1S/C18H19ClN2O/c1-12-2-3-17(16(19)6-12)22-11-13-4-5-20-18(7-13)21-9-14-8-15(14)10-21/h2-7,14-15H,8-11H2,1H3. The maximum Gasteiger partial charge on any atom is 0.138 e. The van der Waals surface area contributed by atoms with Crippen molar-refractivity contribution in [3.63, 3.8) is 0 Å². The van der Waals surface area contributed by atoms with Gasteiger partial charge in [-0.15, -0.1) is 0 Å². The van der Waals surface area contributed by atoms with Crippen LogP contribution in [0.25, 0.3) is 0 Å². The van der Waals surface area contributed by atoms with Gasteiger partial charge in [0.2, 0.25) is 0 Å². The van der Waals surface area contributed by atoms with E-state index in [0.717, 1.165) is 47.6 Å². The van der Waals surface area contributed by atoms with E-state index in [4.69, 9.17) is 16.3 Å². The smallest absolute Gasteiger partial charge is 0.138 e. The number of piperidine rings is 1. The third kappa shape index (κ3) is 2.78. The van der Waals surface area contributed by atoms with Crippen LogP contribution in [0.4, 0.5) is 5.82 Å². The molecule has 1 saturated carbocycles. The first-order valence-corrected chi connectivity index (χ1v) is 8.15. The number of hydrogen-bond donors (Lipinski definition) is 0. The average molecular weight is 315 g/mol. The summed E-state index contributed by atoms with van der Waals surface area (Å²) in [5.74, 6) is 3.62. The number of aromatic nitrogens is 1. The summed E-state index contributed by atoms with van der Waals surface area (Å²) in [6.07, 6.45) is 3.28. The molecule has 3 nitrogen and oxygen atoms in total. The number of anilines is 1. The van der Waals surface area contributed by atoms with Crippen LogP contribution in [-0.4, -0.2) is 18.1 Å². The Morgan fingerprint density at radius 2 is 2.05 bits per heavy atom. The predicted octanol–water partition coefficient (Wildman–Crippen LogP) is 4.08. The molecule has 0 spiro atoms. The second-order valence-corrected chi connectivity index (χ2v) is 6.81. The van der Waals surface area contributed by atoms with Crippen LogP contribution in [0.5, 0.6) is 5.75 Å². The lowest BCUT2D eigenvalue weighted by molar-refractivity contribution is 0.306. The number of halogens is 1. The van der Waals surface area contributed by atoms with Gasteiger partial charge < -0.3 is 9.64 Å². The van der Waals surface area contributed by atoms with E-state index in [1.54, 1.807) is 0 Å². The van der Waals surface area contributed by atoms with Crippen molar-refractivity contribution in [1.82, 2.24) is 4.98 Å². The first-order chi connectivity index (χ1) is 10.7. The van der Waals surface area contributed by atoms with Crippen LogP contribution < -0.4 is 9.64 Å². The molecule has 2 atom stereocenters. The van der Waals surface area contributed by atoms with Crippen LogP contribution in [0.1, 0.15) is 17.5 Å². The summed E-state index contributed by atoms with van der Waals surface area (Å²) in [7, 11) is 0. The summed E-state index contributed by atoms with van der Waals surface area (Å²) >= 11 is 6.21. The number of rotatable bonds is 4. The van der Waals surface area contributed by atoms with Crippen LogP contribution in [0.2, 0.25) is 5.02 Å². The highest BCUT2D eigenvalue weighted by Gasteiger charge is 2.45. The van der Waals surface area contributed by atoms with Gasteiger partial charge in [0, 0.05) is 19.3 Å². The zero-order valence-electron chi connectivity index (χ0n) is 12.6. The largest absolute Gasteiger partial charge is 0.487 e. The Labute approximate surface area is 135 Å². The van der Waals surface area contributed by atoms with Crippen LogP contribution in [0.3, 0.4) is 0 Å². The average Bonchev–Trinajstić information content (AvgIpc) is 3.13. The van der Waals surface area contributed by atoms with Gasteiger partial charge in [0.1, 0.15) is 18.2 Å². The zero-order chi connectivity index (χ0) is 15.1. The van der Waals surface area contributed by atoms with E-state index in [-0.39, 0.29) is 0 Å². The number of pyridine rings is 1. The van der Waals surface area contributed by atoms with Gasteiger partial charge in [-0.25, -0.2) is 4.98 Å². The third-order valence-electron chi connectivity index (χ3n) is 4.59. The van der Waals surface area contributed by atoms with Crippen molar-refractivity contribution in [1.29, 1.82) is 0 Å². The molecular weight excluding hydrogens is 296 g/mol. The Bertz CT molecular complexity index is 693. The maximum absolute atomic E-state index is 6.21. The number of aryl methyl sites for hydroxylation is 1. The van der Waals surface area contributed by atoms with Gasteiger partial charge in [0.05, 0.1) is 5.02 Å². The Balaban J connectivity index is 1.44. The molecule has 1 saturated heterocycles. The quantitative estimate of drug-likeness (QED) is 0.850. The Morgan fingerprint density at radius 1 is 1.23 bits per heavy atom. The summed E-state index contributed by atoms with van der Waals surface area (Å²) in [6, 6.07) is 9.99. The van der Waals surface area contributed by atoms with E-state index in [1.807, 2.05) is 37.4 Å². The first-order valence-electron chi connectivity index (χ1n) is 7.78. The maximum atomic E-state index is 6.21. The molecule has 0 amide bonds. The van der Waals surface area contributed by atoms with E-state index in [9.17, 15) is 0 Å². The monoisotopic (exact) mass is 314 g/mol. The molecule has 2 aromatic rings. The fourth-order valence-corrected chi connectivity index (χ4v) is 3.48. The molecule has 1 aromatic carbocycles. The third-order valence-corrected chi connectivity index (χ3v) is 4.89. The second kappa shape index (κ2) is 5.47. The summed E-state index contributed by atoms with van der Waals surface area (Å²) in [6.45, 7) is 4.85. The van der Waals surface area contributed by atoms with E-state index in [0.29, 0.717) is 11.6 Å². The fourth-order valence-electron chi connectivity index (χ4n) is 3.19. The highest BCUT2D eigenvalue weighted by molar-refractivity contribution is 6.32. The Morgan fingerprint density at radius 3 is 2.82 bits per heavy atom. The second-order valence-electron chi connectivity index (χ2n) is 6.41. The SMILES string of the molecule is Cc1ccc(OCc2ccnc(N3CC4CC4C3)c2)c(Cl)c1. The summed E-state index contributed by atoms with van der Waals surface area (Å²) in [4.78, 5) is 6.89. The molecule has 1 aliphatic carbocycles. The van der Waals surface area contributed by atoms with Crippen molar-refractivity contribution in [3.05, 3.63) is 52.7 Å². The van der Waals surface area contributed by atoms with E-state index < -0.39 is 0 Å². The summed E-state index contributed by atoms with van der Waals surface area (Å²) < 4.78 is 5.85. The molecule has 2 unspecified atom stereocenters. The lowest BCUT2D eigenvalue weighted by Crippen LogP contribution is -2.22. The number of ether oxygens (including phenoxy) is 1. The van der Waals surface area contributed by atoms with E-state index >= 15 is 0 Å². The minimum Gasteiger partial charge on any atom is -0.487 e. The molecule has 4 heteroatoms. The van der Waals surface area contributed by atoms with Crippen LogP contribution >= 0.6 is 11.6 Å². The van der Waals surface area contributed by atoms with Crippen LogP contribution in [-0.2, 0) is 6.61 Å². The van der Waals surface area contributed by atoms with E-state index in [2.05, 4.69) is 16.0 Å². The van der Waals surface area contributed by atoms with Crippen molar-refractivity contribution in [2.24, 2.45) is 11.8 Å². The van der Waals surface area contributed by atoms with Crippen molar-refractivity contribution in [2.75, 3.05) is 18.0 Å². The lowest BCUT2D eigenvalue weighted by atomic mass is 10.2. The van der Waals surface area contributed by atoms with E-state index in [1.165, 1.54) is 6.42 Å². The predicted molar refractivity (Wildman–Crippen MR) is 88.6 cm³/mol. The molecule has 0 radical (unpaired) electrons. The molecule has 2 fully saturated rings. The highest BCUT2D eigenvalue weighted by atomic mass is 35.5. The summed E-state index contributed by atoms with van der Waals surface area (Å²) in [5, 5.41) is 0.661. The van der Waals surface area contributed by atoms with Gasteiger partial charge in [-0.2, -0.15) is 0 Å². The molecular formula is C18H19ClN2O. The normalized spacial score (nSPS) is 22.5. The van der Waals surface area contributed by atoms with Gasteiger partial charge in [0.25, 0.3) is 0 Å². The van der Waals surface area contributed by atoms with Crippen molar-refractivity contribution < 1.29 is 4.74 Å². The number of nitrogens with zero attached hydrogens (tertiary/aromatic N) is 2. The molecule has 2 heterocycles. The lowest BCUT2D eigenvalue weighted by Gasteiger charge is -2.19. The summed E-state index contributed by atoms with van der Waals surface area (Å²) in [5.41, 5.74) is 2.26. The molecule has 114 valence electrons. The Kier molecular flexibility index (Phi) is 3.45. The van der Waals surface area contributed by atoms with Crippen LogP contribution in [0.15, 0.2) is 36.5 Å². The minimum atomic E-state index is 0.513. The highest BCUT2D eigenvalue weighted by Crippen LogP contribution is 2.45.